The molecule has 1 aliphatic heterocycles. The third-order valence-corrected chi connectivity index (χ3v) is 6.85. The number of nitrogens with one attached hydrogen (secondary N) is 1. The maximum Gasteiger partial charge on any atom is 0.265 e. The average Bonchev–Trinajstić information content (AvgIpc) is 2.60. The van der Waals surface area contributed by atoms with Gasteiger partial charge >= 0.3 is 0 Å². The van der Waals surface area contributed by atoms with Gasteiger partial charge in [-0.05, 0) is 49.6 Å². The van der Waals surface area contributed by atoms with Gasteiger partial charge in [0.15, 0.2) is 0 Å². The molecule has 0 bridgehead atoms. The SMILES string of the molecule is CCOc1ccccc1S(=O)(=O)Nc1ccc2c(c1)N(S(C)(=O)=O)CCC2. The molecule has 1 aliphatic rings. The fraction of sp³-hybridized carbons (Fsp3) is 0.333. The summed E-state index contributed by atoms with van der Waals surface area (Å²) in [5, 5.41) is 0. The minimum atomic E-state index is -3.89. The van der Waals surface area contributed by atoms with Crippen LogP contribution in [-0.2, 0) is 26.5 Å². The Morgan fingerprint density at radius 2 is 1.85 bits per heavy atom. The summed E-state index contributed by atoms with van der Waals surface area (Å²) in [6, 6.07) is 11.4. The summed E-state index contributed by atoms with van der Waals surface area (Å²) >= 11 is 0. The maximum atomic E-state index is 12.8. The number of rotatable bonds is 6. The Morgan fingerprint density at radius 3 is 2.56 bits per heavy atom. The van der Waals surface area contributed by atoms with Crippen LogP contribution in [-0.4, -0.2) is 36.2 Å². The van der Waals surface area contributed by atoms with Crippen molar-refractivity contribution in [3.05, 3.63) is 48.0 Å². The fourth-order valence-electron chi connectivity index (χ4n) is 3.11. The molecule has 9 heteroatoms. The topological polar surface area (TPSA) is 92.8 Å². The van der Waals surface area contributed by atoms with E-state index in [1.807, 2.05) is 0 Å². The molecule has 0 amide bonds. The fourth-order valence-corrected chi connectivity index (χ4v) is 5.29. The number of ether oxygens (including phenoxy) is 1. The number of nitrogens with zero attached hydrogens (tertiary/aromatic N) is 1. The van der Waals surface area contributed by atoms with Gasteiger partial charge in [-0.1, -0.05) is 18.2 Å². The largest absolute Gasteiger partial charge is 0.492 e. The van der Waals surface area contributed by atoms with E-state index in [1.54, 1.807) is 43.3 Å². The second-order valence-corrected chi connectivity index (χ2v) is 9.83. The molecule has 0 fully saturated rings. The molecule has 0 aliphatic carbocycles. The molecule has 0 atom stereocenters. The number of sulfonamides is 2. The predicted molar refractivity (Wildman–Crippen MR) is 105 cm³/mol. The van der Waals surface area contributed by atoms with Crippen LogP contribution < -0.4 is 13.8 Å². The van der Waals surface area contributed by atoms with Gasteiger partial charge in [-0.15, -0.1) is 0 Å². The van der Waals surface area contributed by atoms with E-state index in [2.05, 4.69) is 4.72 Å². The zero-order valence-corrected chi connectivity index (χ0v) is 16.8. The van der Waals surface area contributed by atoms with Crippen molar-refractivity contribution in [2.75, 3.05) is 28.4 Å². The second-order valence-electron chi connectivity index (χ2n) is 6.27. The molecule has 0 aromatic heterocycles. The Hall–Kier alpha value is -2.26. The van der Waals surface area contributed by atoms with Crippen LogP contribution in [0, 0.1) is 0 Å². The van der Waals surface area contributed by atoms with Crippen LogP contribution in [0.2, 0.25) is 0 Å². The number of anilines is 2. The summed E-state index contributed by atoms with van der Waals surface area (Å²) in [4.78, 5) is 0.0320. The number of hydrogen-bond donors (Lipinski definition) is 1. The van der Waals surface area contributed by atoms with Crippen LogP contribution in [0.25, 0.3) is 0 Å². The van der Waals surface area contributed by atoms with Gasteiger partial charge in [0.2, 0.25) is 10.0 Å². The van der Waals surface area contributed by atoms with E-state index < -0.39 is 20.0 Å². The number of hydrogen-bond acceptors (Lipinski definition) is 5. The molecule has 3 rings (SSSR count). The number of para-hydroxylation sites is 1. The van der Waals surface area contributed by atoms with Gasteiger partial charge in [-0.3, -0.25) is 9.03 Å². The summed E-state index contributed by atoms with van der Waals surface area (Å²) < 4.78 is 59.0. The summed E-state index contributed by atoms with van der Waals surface area (Å²) in [7, 11) is -7.32. The van der Waals surface area contributed by atoms with Crippen molar-refractivity contribution < 1.29 is 21.6 Å². The van der Waals surface area contributed by atoms with E-state index in [4.69, 9.17) is 4.74 Å². The molecule has 2 aromatic rings. The normalized spacial score (nSPS) is 14.5. The molecule has 0 saturated carbocycles. The van der Waals surface area contributed by atoms with Gasteiger partial charge in [-0.25, -0.2) is 16.8 Å². The van der Waals surface area contributed by atoms with Crippen molar-refractivity contribution >= 4 is 31.4 Å². The van der Waals surface area contributed by atoms with Crippen molar-refractivity contribution in [1.29, 1.82) is 0 Å². The lowest BCUT2D eigenvalue weighted by molar-refractivity contribution is 0.331. The molecule has 27 heavy (non-hydrogen) atoms. The number of fused-ring (bicyclic) bond motifs is 1. The first-order valence-corrected chi connectivity index (χ1v) is 11.9. The third-order valence-electron chi connectivity index (χ3n) is 4.25. The van der Waals surface area contributed by atoms with E-state index in [0.29, 0.717) is 24.5 Å². The van der Waals surface area contributed by atoms with E-state index in [-0.39, 0.29) is 10.6 Å². The number of aryl methyl sites for hydroxylation is 1. The highest BCUT2D eigenvalue weighted by Gasteiger charge is 2.25. The average molecular weight is 411 g/mol. The van der Waals surface area contributed by atoms with Crippen molar-refractivity contribution in [3.8, 4) is 5.75 Å². The van der Waals surface area contributed by atoms with Gasteiger partial charge in [0.25, 0.3) is 10.0 Å². The van der Waals surface area contributed by atoms with Gasteiger partial charge in [0.1, 0.15) is 10.6 Å². The first kappa shape index (κ1) is 19.5. The molecule has 0 radical (unpaired) electrons. The summed E-state index contributed by atoms with van der Waals surface area (Å²) in [5.74, 6) is 0.267. The molecule has 7 nitrogen and oxygen atoms in total. The maximum absolute atomic E-state index is 12.8. The quantitative estimate of drug-likeness (QED) is 0.790. The Labute approximate surface area is 160 Å². The lowest BCUT2D eigenvalue weighted by atomic mass is 10.0. The molecule has 0 unspecified atom stereocenters. The summed E-state index contributed by atoms with van der Waals surface area (Å²) in [6.45, 7) is 2.50. The molecule has 0 saturated heterocycles. The summed E-state index contributed by atoms with van der Waals surface area (Å²) in [6.07, 6.45) is 2.63. The highest BCUT2D eigenvalue weighted by molar-refractivity contribution is 7.93. The standard InChI is InChI=1S/C18H22N2O5S2/c1-3-25-17-8-4-5-9-18(17)27(23,24)19-15-11-10-14-7-6-12-20(16(14)13-15)26(2,21)22/h4-5,8-11,13,19H,3,6-7,12H2,1-2H3. The van der Waals surface area contributed by atoms with Gasteiger partial charge in [0.05, 0.1) is 24.2 Å². The zero-order chi connectivity index (χ0) is 19.7. The van der Waals surface area contributed by atoms with Gasteiger partial charge < -0.3 is 4.74 Å². The van der Waals surface area contributed by atoms with Crippen LogP contribution in [0.5, 0.6) is 5.75 Å². The predicted octanol–water partition coefficient (Wildman–Crippen LogP) is 2.60. The van der Waals surface area contributed by atoms with Crippen molar-refractivity contribution in [2.45, 2.75) is 24.7 Å². The Balaban J connectivity index is 1.97. The highest BCUT2D eigenvalue weighted by Crippen LogP contribution is 2.33. The molecule has 2 aromatic carbocycles. The highest BCUT2D eigenvalue weighted by atomic mass is 32.2. The summed E-state index contributed by atoms with van der Waals surface area (Å²) in [5.41, 5.74) is 1.70. The molecular weight excluding hydrogens is 388 g/mol. The Bertz CT molecular complexity index is 1050. The van der Waals surface area contributed by atoms with Crippen LogP contribution in [0.15, 0.2) is 47.4 Å². The van der Waals surface area contributed by atoms with E-state index >= 15 is 0 Å². The zero-order valence-electron chi connectivity index (χ0n) is 15.2. The van der Waals surface area contributed by atoms with Crippen LogP contribution in [0.4, 0.5) is 11.4 Å². The molecular formula is C18H22N2O5S2. The minimum Gasteiger partial charge on any atom is -0.492 e. The smallest absolute Gasteiger partial charge is 0.265 e. The minimum absolute atomic E-state index is 0.0320. The third kappa shape index (κ3) is 4.19. The van der Waals surface area contributed by atoms with Crippen LogP contribution >= 0.6 is 0 Å². The molecule has 1 N–H and O–H groups in total. The van der Waals surface area contributed by atoms with Crippen molar-refractivity contribution in [2.24, 2.45) is 0 Å². The lowest BCUT2D eigenvalue weighted by Gasteiger charge is -2.29. The van der Waals surface area contributed by atoms with Gasteiger partial charge in [0, 0.05) is 6.54 Å². The van der Waals surface area contributed by atoms with E-state index in [0.717, 1.165) is 24.7 Å². The monoisotopic (exact) mass is 410 g/mol. The molecule has 146 valence electrons. The van der Waals surface area contributed by atoms with Crippen molar-refractivity contribution in [1.82, 2.24) is 0 Å². The lowest BCUT2D eigenvalue weighted by Crippen LogP contribution is -2.34. The van der Waals surface area contributed by atoms with Crippen LogP contribution in [0.3, 0.4) is 0 Å². The Kier molecular flexibility index (Phi) is 5.34. The second kappa shape index (κ2) is 7.40. The van der Waals surface area contributed by atoms with Crippen LogP contribution in [0.1, 0.15) is 18.9 Å². The van der Waals surface area contributed by atoms with Gasteiger partial charge in [-0.2, -0.15) is 0 Å². The molecule has 1 heterocycles. The van der Waals surface area contributed by atoms with E-state index in [9.17, 15) is 16.8 Å². The number of benzene rings is 2. The first-order valence-electron chi connectivity index (χ1n) is 8.57. The molecule has 0 spiro atoms. The Morgan fingerprint density at radius 1 is 1.11 bits per heavy atom. The van der Waals surface area contributed by atoms with Crippen molar-refractivity contribution in [3.63, 3.8) is 0 Å². The first-order chi connectivity index (χ1) is 12.7. The van der Waals surface area contributed by atoms with E-state index in [1.165, 1.54) is 10.4 Å².